The molecule has 0 rings (SSSR count). The molecule has 10 heteroatoms. The number of aliphatic hydroxyl groups excluding tert-OH is 1. The molecule has 0 radical (unpaired) electrons. The standard InChI is InChI=1S/C4H10O2.C3H8O4S.CH5N.CH4O.Na/c1-5-3-4-6-2;1-7-2-3-8(4,5)6;2*1-2;/h3-4H2,1-2H3;2-3H2,1H3,(H,4,5,6);2H2,1H3;2H,1H3;/q;;;;+1/p-1. The second-order valence-electron chi connectivity index (χ2n) is 2.24. The van der Waals surface area contributed by atoms with Crippen molar-refractivity contribution >= 4 is 10.1 Å². The van der Waals surface area contributed by atoms with Gasteiger partial charge in [0.25, 0.3) is 0 Å². The number of rotatable bonds is 6. The fraction of sp³-hybridized carbons (Fsp3) is 1.00. The summed E-state index contributed by atoms with van der Waals surface area (Å²) < 4.78 is 42.9. The average molecular weight is 315 g/mol. The van der Waals surface area contributed by atoms with Crippen LogP contribution in [0.1, 0.15) is 0 Å². The van der Waals surface area contributed by atoms with Crippen molar-refractivity contribution in [3.63, 3.8) is 0 Å². The van der Waals surface area contributed by atoms with Gasteiger partial charge in [-0.05, 0) is 7.05 Å². The van der Waals surface area contributed by atoms with Crippen molar-refractivity contribution in [1.82, 2.24) is 0 Å². The molecule has 0 atom stereocenters. The summed E-state index contributed by atoms with van der Waals surface area (Å²) in [5.74, 6) is -0.441. The van der Waals surface area contributed by atoms with E-state index in [1.165, 1.54) is 14.2 Å². The van der Waals surface area contributed by atoms with Crippen LogP contribution in [0, 0.1) is 0 Å². The van der Waals surface area contributed by atoms with E-state index in [0.29, 0.717) is 13.2 Å². The van der Waals surface area contributed by atoms with Crippen molar-refractivity contribution in [2.45, 2.75) is 0 Å². The van der Waals surface area contributed by atoms with Gasteiger partial charge in [-0.1, -0.05) is 0 Å². The van der Waals surface area contributed by atoms with Crippen molar-refractivity contribution in [3.8, 4) is 0 Å². The van der Waals surface area contributed by atoms with Crippen LogP contribution < -0.4 is 35.3 Å². The van der Waals surface area contributed by atoms with Gasteiger partial charge in [-0.2, -0.15) is 0 Å². The Kier molecular flexibility index (Phi) is 52.4. The first kappa shape index (κ1) is 31.9. The molecule has 0 heterocycles. The number of nitrogens with two attached hydrogens (primary N) is 1. The summed E-state index contributed by atoms with van der Waals surface area (Å²) in [5, 5.41) is 7.00. The van der Waals surface area contributed by atoms with E-state index in [9.17, 15) is 13.0 Å². The number of ether oxygens (including phenoxy) is 3. The topological polar surface area (TPSA) is 131 Å². The van der Waals surface area contributed by atoms with Crippen LogP contribution >= 0.6 is 0 Å². The predicted octanol–water partition coefficient (Wildman–Crippen LogP) is -4.36. The summed E-state index contributed by atoms with van der Waals surface area (Å²) in [6, 6.07) is 0. The Balaban J connectivity index is -0.0000000531. The number of aliphatic hydroxyl groups is 1. The first-order valence-electron chi connectivity index (χ1n) is 4.90. The van der Waals surface area contributed by atoms with Crippen molar-refractivity contribution in [1.29, 1.82) is 0 Å². The molecule has 0 aromatic rings. The predicted molar refractivity (Wildman–Crippen MR) is 68.4 cm³/mol. The summed E-state index contributed by atoms with van der Waals surface area (Å²) >= 11 is 0. The molecule has 0 fully saturated rings. The number of hydrogen-bond acceptors (Lipinski definition) is 8. The van der Waals surface area contributed by atoms with Crippen LogP contribution in [0.3, 0.4) is 0 Å². The molecule has 0 aliphatic carbocycles. The molecule has 8 nitrogen and oxygen atoms in total. The molecular weight excluding hydrogens is 289 g/mol. The van der Waals surface area contributed by atoms with Gasteiger partial charge in [-0.25, -0.2) is 8.42 Å². The van der Waals surface area contributed by atoms with Gasteiger partial charge < -0.3 is 29.6 Å². The smallest absolute Gasteiger partial charge is 0.748 e. The Morgan fingerprint density at radius 3 is 1.32 bits per heavy atom. The molecule has 0 saturated carbocycles. The maximum absolute atomic E-state index is 9.75. The second kappa shape index (κ2) is 31.2. The Bertz CT molecular complexity index is 199. The minimum Gasteiger partial charge on any atom is -0.748 e. The van der Waals surface area contributed by atoms with E-state index < -0.39 is 15.9 Å². The molecule has 0 amide bonds. The molecular formula is C9H26NNaO7S. The third kappa shape index (κ3) is 68.9. The molecule has 3 N–H and O–H groups in total. The first-order valence-corrected chi connectivity index (χ1v) is 6.48. The quantitative estimate of drug-likeness (QED) is 0.286. The summed E-state index contributed by atoms with van der Waals surface area (Å²) in [6.07, 6.45) is 0. The fourth-order valence-electron chi connectivity index (χ4n) is 0.352. The van der Waals surface area contributed by atoms with Gasteiger partial charge in [0.15, 0.2) is 0 Å². The van der Waals surface area contributed by atoms with Gasteiger partial charge in [0.05, 0.1) is 35.7 Å². The van der Waals surface area contributed by atoms with Crippen molar-refractivity contribution in [3.05, 3.63) is 0 Å². The Morgan fingerprint density at radius 1 is 0.947 bits per heavy atom. The van der Waals surface area contributed by atoms with E-state index in [1.807, 2.05) is 0 Å². The van der Waals surface area contributed by atoms with E-state index in [4.69, 9.17) is 5.11 Å². The third-order valence-corrected chi connectivity index (χ3v) is 1.70. The molecule has 0 aromatic heterocycles. The molecule has 0 aromatic carbocycles. The van der Waals surface area contributed by atoms with Crippen LogP contribution in [0.5, 0.6) is 0 Å². The molecule has 116 valence electrons. The monoisotopic (exact) mass is 315 g/mol. The van der Waals surface area contributed by atoms with Gasteiger partial charge >= 0.3 is 29.6 Å². The molecule has 0 spiro atoms. The van der Waals surface area contributed by atoms with Crippen LogP contribution in [0.4, 0.5) is 0 Å². The minimum atomic E-state index is -4.06. The van der Waals surface area contributed by atoms with E-state index in [2.05, 4.69) is 19.9 Å². The van der Waals surface area contributed by atoms with Crippen LogP contribution in [0.25, 0.3) is 0 Å². The van der Waals surface area contributed by atoms with E-state index >= 15 is 0 Å². The van der Waals surface area contributed by atoms with Crippen LogP contribution in [-0.4, -0.2) is 79.1 Å². The Hall–Kier alpha value is 0.710. The van der Waals surface area contributed by atoms with Crippen LogP contribution in [0.15, 0.2) is 0 Å². The van der Waals surface area contributed by atoms with Crippen LogP contribution in [-0.2, 0) is 24.3 Å². The largest absolute Gasteiger partial charge is 1.00 e. The van der Waals surface area contributed by atoms with Gasteiger partial charge in [-0.15, -0.1) is 0 Å². The molecule has 0 aliphatic rings. The van der Waals surface area contributed by atoms with Gasteiger partial charge in [0.2, 0.25) is 0 Å². The zero-order chi connectivity index (χ0) is 15.4. The number of hydrogen-bond donors (Lipinski definition) is 2. The fourth-order valence-corrected chi connectivity index (χ4v) is 0.723. The molecule has 19 heavy (non-hydrogen) atoms. The Morgan fingerprint density at radius 2 is 1.21 bits per heavy atom. The summed E-state index contributed by atoms with van der Waals surface area (Å²) in [7, 11) is 3.08. The van der Waals surface area contributed by atoms with Crippen molar-refractivity contribution in [2.75, 3.05) is 61.1 Å². The van der Waals surface area contributed by atoms with Gasteiger partial charge in [-0.3, -0.25) is 0 Å². The number of methoxy groups -OCH3 is 3. The average Bonchev–Trinajstić information content (AvgIpc) is 2.38. The summed E-state index contributed by atoms with van der Waals surface area (Å²) in [4.78, 5) is 0. The van der Waals surface area contributed by atoms with Crippen molar-refractivity contribution < 1.29 is 61.8 Å². The maximum atomic E-state index is 9.75. The van der Waals surface area contributed by atoms with Gasteiger partial charge in [0, 0.05) is 28.4 Å². The molecule has 0 saturated heterocycles. The van der Waals surface area contributed by atoms with E-state index in [0.717, 1.165) is 7.11 Å². The molecule has 0 bridgehead atoms. The zero-order valence-corrected chi connectivity index (χ0v) is 15.5. The SMILES string of the molecule is CN.CO.COCCOC.COCCS(=O)(=O)[O-].[Na+]. The van der Waals surface area contributed by atoms with Crippen LogP contribution in [0.2, 0.25) is 0 Å². The normalized spacial score (nSPS) is 8.42. The van der Waals surface area contributed by atoms with E-state index in [-0.39, 0.29) is 36.2 Å². The first-order chi connectivity index (χ1) is 8.47. The van der Waals surface area contributed by atoms with E-state index in [1.54, 1.807) is 14.2 Å². The zero-order valence-electron chi connectivity index (χ0n) is 12.7. The minimum absolute atomic E-state index is 0. The third-order valence-electron chi connectivity index (χ3n) is 1.03. The maximum Gasteiger partial charge on any atom is 1.00 e. The summed E-state index contributed by atoms with van der Waals surface area (Å²) in [6.45, 7) is 1.36. The van der Waals surface area contributed by atoms with Gasteiger partial charge in [0.1, 0.15) is 0 Å². The molecule has 0 aliphatic heterocycles. The van der Waals surface area contributed by atoms with Crippen molar-refractivity contribution in [2.24, 2.45) is 5.73 Å². The molecule has 0 unspecified atom stereocenters. The summed E-state index contributed by atoms with van der Waals surface area (Å²) in [5.41, 5.74) is 4.50. The Labute approximate surface area is 138 Å². The second-order valence-corrected chi connectivity index (χ2v) is 3.76.